The van der Waals surface area contributed by atoms with Crippen molar-refractivity contribution in [2.24, 2.45) is 5.90 Å². The Labute approximate surface area is 88.5 Å². The zero-order valence-electron chi connectivity index (χ0n) is 8.04. The molecular weight excluding hydrogens is 223 g/mol. The van der Waals surface area contributed by atoms with Crippen molar-refractivity contribution in [1.29, 1.82) is 0 Å². The maximum Gasteiger partial charge on any atom is 0.416 e. The summed E-state index contributed by atoms with van der Waals surface area (Å²) in [6.45, 7) is 0.0238. The molecule has 1 aromatic heterocycles. The van der Waals surface area contributed by atoms with E-state index in [1.807, 2.05) is 0 Å². The van der Waals surface area contributed by atoms with E-state index in [0.717, 1.165) is 12.1 Å². The van der Waals surface area contributed by atoms with Gasteiger partial charge in [0.1, 0.15) is 18.0 Å². The molecule has 2 rings (SSSR count). The van der Waals surface area contributed by atoms with Gasteiger partial charge in [-0.1, -0.05) is 6.07 Å². The molecule has 3 nitrogen and oxygen atoms in total. The van der Waals surface area contributed by atoms with Gasteiger partial charge in [0.2, 0.25) is 0 Å². The molecule has 0 fully saturated rings. The standard InChI is InChI=1S/C10H8F3NO2/c11-10(12,13)7-2-1-6-3-8(5-15-14)16-9(6)4-7/h1-4H,5,14H2. The minimum Gasteiger partial charge on any atom is -0.459 e. The van der Waals surface area contributed by atoms with Gasteiger partial charge in [0.15, 0.2) is 0 Å². The van der Waals surface area contributed by atoms with Crippen molar-refractivity contribution in [1.82, 2.24) is 0 Å². The number of hydrogen-bond acceptors (Lipinski definition) is 3. The van der Waals surface area contributed by atoms with E-state index in [4.69, 9.17) is 10.3 Å². The molecule has 0 aliphatic rings. The smallest absolute Gasteiger partial charge is 0.416 e. The Balaban J connectivity index is 2.46. The molecule has 1 aromatic carbocycles. The van der Waals surface area contributed by atoms with E-state index in [1.54, 1.807) is 6.07 Å². The van der Waals surface area contributed by atoms with Gasteiger partial charge in [0.05, 0.1) is 5.56 Å². The fourth-order valence-corrected chi connectivity index (χ4v) is 1.42. The van der Waals surface area contributed by atoms with Crippen molar-refractivity contribution in [3.63, 3.8) is 0 Å². The zero-order chi connectivity index (χ0) is 11.8. The Morgan fingerprint density at radius 1 is 1.25 bits per heavy atom. The van der Waals surface area contributed by atoms with Gasteiger partial charge in [0, 0.05) is 5.39 Å². The monoisotopic (exact) mass is 231 g/mol. The average molecular weight is 231 g/mol. The molecule has 0 bridgehead atoms. The third-order valence-corrected chi connectivity index (χ3v) is 2.12. The molecular formula is C10H8F3NO2. The summed E-state index contributed by atoms with van der Waals surface area (Å²) in [5, 5.41) is 0.583. The van der Waals surface area contributed by atoms with Crippen LogP contribution in [0.15, 0.2) is 28.7 Å². The van der Waals surface area contributed by atoms with Gasteiger partial charge >= 0.3 is 6.18 Å². The Kier molecular flexibility index (Phi) is 2.61. The summed E-state index contributed by atoms with van der Waals surface area (Å²) < 4.78 is 42.3. The summed E-state index contributed by atoms with van der Waals surface area (Å²) in [6.07, 6.45) is -4.37. The zero-order valence-corrected chi connectivity index (χ0v) is 8.04. The van der Waals surface area contributed by atoms with Crippen LogP contribution in [0.1, 0.15) is 11.3 Å². The number of rotatable bonds is 2. The number of alkyl halides is 3. The van der Waals surface area contributed by atoms with Gasteiger partial charge in [-0.25, -0.2) is 5.90 Å². The van der Waals surface area contributed by atoms with Gasteiger partial charge in [-0.05, 0) is 18.2 Å². The van der Waals surface area contributed by atoms with Crippen molar-refractivity contribution >= 4 is 11.0 Å². The molecule has 0 amide bonds. The second-order valence-corrected chi connectivity index (χ2v) is 3.27. The van der Waals surface area contributed by atoms with Crippen LogP contribution >= 0.6 is 0 Å². The second-order valence-electron chi connectivity index (χ2n) is 3.27. The summed E-state index contributed by atoms with van der Waals surface area (Å²) in [4.78, 5) is 4.34. The molecule has 0 spiro atoms. The first-order valence-corrected chi connectivity index (χ1v) is 4.42. The van der Waals surface area contributed by atoms with Crippen LogP contribution in [0.3, 0.4) is 0 Å². The van der Waals surface area contributed by atoms with E-state index in [2.05, 4.69) is 4.84 Å². The quantitative estimate of drug-likeness (QED) is 0.808. The van der Waals surface area contributed by atoms with Crippen LogP contribution in [0.5, 0.6) is 0 Å². The first-order valence-electron chi connectivity index (χ1n) is 4.42. The first-order chi connectivity index (χ1) is 7.50. The first kappa shape index (κ1) is 11.0. The summed E-state index contributed by atoms with van der Waals surface area (Å²) >= 11 is 0. The van der Waals surface area contributed by atoms with Crippen LogP contribution < -0.4 is 5.90 Å². The van der Waals surface area contributed by atoms with Crippen molar-refractivity contribution in [2.75, 3.05) is 0 Å². The molecule has 0 aliphatic carbocycles. The van der Waals surface area contributed by atoms with Gasteiger partial charge in [0.25, 0.3) is 0 Å². The largest absolute Gasteiger partial charge is 0.459 e. The van der Waals surface area contributed by atoms with Crippen LogP contribution in [0.4, 0.5) is 13.2 Å². The third-order valence-electron chi connectivity index (χ3n) is 2.12. The van der Waals surface area contributed by atoms with Crippen LogP contribution in [0, 0.1) is 0 Å². The average Bonchev–Trinajstić information content (AvgIpc) is 2.57. The Morgan fingerprint density at radius 2 is 2.00 bits per heavy atom. The fourth-order valence-electron chi connectivity index (χ4n) is 1.42. The van der Waals surface area contributed by atoms with E-state index in [9.17, 15) is 13.2 Å². The molecule has 2 N–H and O–H groups in total. The lowest BCUT2D eigenvalue weighted by atomic mass is 10.1. The number of furan rings is 1. The molecule has 0 saturated carbocycles. The van der Waals surface area contributed by atoms with E-state index < -0.39 is 11.7 Å². The molecule has 0 radical (unpaired) electrons. The maximum atomic E-state index is 12.4. The summed E-state index contributed by atoms with van der Waals surface area (Å²) in [6, 6.07) is 4.89. The summed E-state index contributed by atoms with van der Waals surface area (Å²) in [7, 11) is 0. The Hall–Kier alpha value is -1.53. The van der Waals surface area contributed by atoms with Crippen molar-refractivity contribution < 1.29 is 22.4 Å². The maximum absolute atomic E-state index is 12.4. The second kappa shape index (κ2) is 3.80. The number of fused-ring (bicyclic) bond motifs is 1. The highest BCUT2D eigenvalue weighted by Crippen LogP contribution is 2.32. The number of hydrogen-bond donors (Lipinski definition) is 1. The predicted molar refractivity (Wildman–Crippen MR) is 50.2 cm³/mol. The van der Waals surface area contributed by atoms with Crippen LogP contribution in [-0.2, 0) is 17.6 Å². The van der Waals surface area contributed by atoms with E-state index in [0.29, 0.717) is 11.1 Å². The number of benzene rings is 1. The predicted octanol–water partition coefficient (Wildman–Crippen LogP) is 2.84. The highest BCUT2D eigenvalue weighted by atomic mass is 19.4. The molecule has 0 aliphatic heterocycles. The number of halogens is 3. The molecule has 0 saturated heterocycles. The highest BCUT2D eigenvalue weighted by molar-refractivity contribution is 5.78. The number of nitrogens with two attached hydrogens (primary N) is 1. The molecule has 2 aromatic rings. The minimum absolute atomic E-state index is 0.0238. The minimum atomic E-state index is -4.37. The van der Waals surface area contributed by atoms with Crippen molar-refractivity contribution in [3.05, 3.63) is 35.6 Å². The lowest BCUT2D eigenvalue weighted by molar-refractivity contribution is -0.137. The molecule has 16 heavy (non-hydrogen) atoms. The topological polar surface area (TPSA) is 48.4 Å². The van der Waals surface area contributed by atoms with Gasteiger partial charge in [-0.3, -0.25) is 4.84 Å². The van der Waals surface area contributed by atoms with E-state index in [-0.39, 0.29) is 12.2 Å². The van der Waals surface area contributed by atoms with E-state index >= 15 is 0 Å². The third kappa shape index (κ3) is 2.02. The summed E-state index contributed by atoms with van der Waals surface area (Å²) in [5.74, 6) is 5.23. The lowest BCUT2D eigenvalue weighted by Crippen LogP contribution is -2.03. The SMILES string of the molecule is NOCc1cc2ccc(C(F)(F)F)cc2o1. The van der Waals surface area contributed by atoms with Gasteiger partial charge in [-0.2, -0.15) is 13.2 Å². The molecule has 0 unspecified atom stereocenters. The molecule has 0 atom stereocenters. The highest BCUT2D eigenvalue weighted by Gasteiger charge is 2.30. The Bertz CT molecular complexity index is 504. The molecule has 1 heterocycles. The normalized spacial score (nSPS) is 12.2. The van der Waals surface area contributed by atoms with Gasteiger partial charge < -0.3 is 4.42 Å². The van der Waals surface area contributed by atoms with Crippen molar-refractivity contribution in [2.45, 2.75) is 12.8 Å². The van der Waals surface area contributed by atoms with Crippen molar-refractivity contribution in [3.8, 4) is 0 Å². The molecule has 86 valence electrons. The Morgan fingerprint density at radius 3 is 2.62 bits per heavy atom. The van der Waals surface area contributed by atoms with Gasteiger partial charge in [-0.15, -0.1) is 0 Å². The molecule has 6 heteroatoms. The lowest BCUT2D eigenvalue weighted by Gasteiger charge is -2.04. The van der Waals surface area contributed by atoms with Crippen LogP contribution in [0.25, 0.3) is 11.0 Å². The van der Waals surface area contributed by atoms with Crippen LogP contribution in [-0.4, -0.2) is 0 Å². The van der Waals surface area contributed by atoms with Crippen LogP contribution in [0.2, 0.25) is 0 Å². The fraction of sp³-hybridized carbons (Fsp3) is 0.200. The van der Waals surface area contributed by atoms with E-state index in [1.165, 1.54) is 6.07 Å². The summed E-state index contributed by atoms with van der Waals surface area (Å²) in [5.41, 5.74) is -0.573.